The number of methoxy groups -OCH3 is 1. The fourth-order valence-electron chi connectivity index (χ4n) is 1.94. The zero-order valence-electron chi connectivity index (χ0n) is 11.7. The lowest BCUT2D eigenvalue weighted by molar-refractivity contribution is -0.385. The molecule has 2 rings (SSSR count). The Balaban J connectivity index is 2.11. The van der Waals surface area contributed by atoms with Gasteiger partial charge in [-0.3, -0.25) is 10.1 Å². The number of anilines is 1. The van der Waals surface area contributed by atoms with E-state index in [1.165, 1.54) is 0 Å². The molecule has 0 heterocycles. The average molecular weight is 307 g/mol. The van der Waals surface area contributed by atoms with Crippen LogP contribution < -0.4 is 10.1 Å². The van der Waals surface area contributed by atoms with Crippen molar-refractivity contribution < 1.29 is 9.66 Å². The molecule has 0 aromatic heterocycles. The van der Waals surface area contributed by atoms with Crippen LogP contribution >= 0.6 is 11.6 Å². The van der Waals surface area contributed by atoms with Crippen molar-refractivity contribution in [2.45, 2.75) is 13.5 Å². The van der Waals surface area contributed by atoms with Crippen LogP contribution in [0.3, 0.4) is 0 Å². The fourth-order valence-corrected chi connectivity index (χ4v) is 2.20. The van der Waals surface area contributed by atoms with E-state index in [-0.39, 0.29) is 10.6 Å². The second kappa shape index (κ2) is 6.45. The zero-order valence-corrected chi connectivity index (χ0v) is 12.5. The minimum absolute atomic E-state index is 0.127. The van der Waals surface area contributed by atoms with E-state index in [1.54, 1.807) is 38.3 Å². The van der Waals surface area contributed by atoms with E-state index in [9.17, 15) is 10.1 Å². The molecular formula is C15H15ClN2O3. The predicted octanol–water partition coefficient (Wildman–Crippen LogP) is 4.18. The molecule has 0 atom stereocenters. The van der Waals surface area contributed by atoms with Crippen molar-refractivity contribution in [3.63, 3.8) is 0 Å². The van der Waals surface area contributed by atoms with Gasteiger partial charge in [-0.05, 0) is 30.7 Å². The summed E-state index contributed by atoms with van der Waals surface area (Å²) >= 11 is 6.04. The van der Waals surface area contributed by atoms with Crippen LogP contribution in [0.5, 0.6) is 5.75 Å². The summed E-state index contributed by atoms with van der Waals surface area (Å²) in [6.07, 6.45) is 0. The molecule has 110 valence electrons. The first-order valence-electron chi connectivity index (χ1n) is 6.32. The Kier molecular flexibility index (Phi) is 4.65. The summed E-state index contributed by atoms with van der Waals surface area (Å²) in [6, 6.07) is 10.5. The van der Waals surface area contributed by atoms with Gasteiger partial charge >= 0.3 is 0 Å². The summed E-state index contributed by atoms with van der Waals surface area (Å²) in [6.45, 7) is 2.20. The van der Waals surface area contributed by atoms with Crippen LogP contribution in [-0.4, -0.2) is 12.0 Å². The average Bonchev–Trinajstić information content (AvgIpc) is 2.46. The molecule has 0 aliphatic rings. The van der Waals surface area contributed by atoms with Crippen molar-refractivity contribution in [3.8, 4) is 5.75 Å². The van der Waals surface area contributed by atoms with Gasteiger partial charge in [-0.2, -0.15) is 0 Å². The van der Waals surface area contributed by atoms with Crippen LogP contribution in [0.15, 0.2) is 36.4 Å². The largest absolute Gasteiger partial charge is 0.495 e. The van der Waals surface area contributed by atoms with E-state index in [0.29, 0.717) is 22.9 Å². The Labute approximate surface area is 127 Å². The Hall–Kier alpha value is -2.27. The van der Waals surface area contributed by atoms with Crippen LogP contribution in [-0.2, 0) is 6.54 Å². The maximum atomic E-state index is 10.9. The first kappa shape index (κ1) is 15.1. The minimum Gasteiger partial charge on any atom is -0.495 e. The standard InChI is InChI=1S/C15H15ClN2O3/c1-10-3-4-11(7-14(10)18(19)20)9-17-12-5-6-15(21-2)13(16)8-12/h3-8,17H,9H2,1-2H3. The number of nitrogens with one attached hydrogen (secondary N) is 1. The zero-order chi connectivity index (χ0) is 15.4. The van der Waals surface area contributed by atoms with E-state index in [2.05, 4.69) is 5.32 Å². The van der Waals surface area contributed by atoms with Crippen LogP contribution in [0.25, 0.3) is 0 Å². The second-order valence-corrected chi connectivity index (χ2v) is 4.99. The highest BCUT2D eigenvalue weighted by molar-refractivity contribution is 6.32. The molecule has 0 amide bonds. The van der Waals surface area contributed by atoms with Crippen molar-refractivity contribution >= 4 is 23.0 Å². The number of rotatable bonds is 5. The van der Waals surface area contributed by atoms with Crippen molar-refractivity contribution in [1.29, 1.82) is 0 Å². The summed E-state index contributed by atoms with van der Waals surface area (Å²) in [7, 11) is 1.56. The summed E-state index contributed by atoms with van der Waals surface area (Å²) in [5, 5.41) is 14.6. The maximum absolute atomic E-state index is 10.9. The smallest absolute Gasteiger partial charge is 0.272 e. The summed E-state index contributed by atoms with van der Waals surface area (Å²) in [5.74, 6) is 0.605. The van der Waals surface area contributed by atoms with Crippen LogP contribution in [0.1, 0.15) is 11.1 Å². The van der Waals surface area contributed by atoms with Gasteiger partial charge in [-0.15, -0.1) is 0 Å². The number of ether oxygens (including phenoxy) is 1. The Bertz CT molecular complexity index is 674. The third-order valence-corrected chi connectivity index (χ3v) is 3.41. The normalized spacial score (nSPS) is 10.2. The van der Waals surface area contributed by atoms with Crippen LogP contribution in [0, 0.1) is 17.0 Å². The molecule has 0 unspecified atom stereocenters. The molecule has 6 heteroatoms. The van der Waals surface area contributed by atoms with Crippen molar-refractivity contribution in [1.82, 2.24) is 0 Å². The number of hydrogen-bond acceptors (Lipinski definition) is 4. The number of benzene rings is 2. The lowest BCUT2D eigenvalue weighted by atomic mass is 10.1. The van der Waals surface area contributed by atoms with E-state index >= 15 is 0 Å². The van der Waals surface area contributed by atoms with Gasteiger partial charge in [0.1, 0.15) is 5.75 Å². The molecule has 5 nitrogen and oxygen atoms in total. The lowest BCUT2D eigenvalue weighted by Crippen LogP contribution is -2.01. The van der Waals surface area contributed by atoms with Gasteiger partial charge in [0.05, 0.1) is 17.1 Å². The van der Waals surface area contributed by atoms with Gasteiger partial charge < -0.3 is 10.1 Å². The highest BCUT2D eigenvalue weighted by atomic mass is 35.5. The number of aryl methyl sites for hydroxylation is 1. The number of nitro groups is 1. The minimum atomic E-state index is -0.372. The Morgan fingerprint density at radius 1 is 1.29 bits per heavy atom. The van der Waals surface area contributed by atoms with E-state index in [4.69, 9.17) is 16.3 Å². The van der Waals surface area contributed by atoms with Crippen molar-refractivity contribution in [3.05, 3.63) is 62.7 Å². The molecule has 0 aliphatic heterocycles. The molecule has 0 radical (unpaired) electrons. The third-order valence-electron chi connectivity index (χ3n) is 3.12. The molecule has 0 spiro atoms. The lowest BCUT2D eigenvalue weighted by Gasteiger charge is -2.09. The molecular weight excluding hydrogens is 292 g/mol. The van der Waals surface area contributed by atoms with Crippen LogP contribution in [0.2, 0.25) is 5.02 Å². The molecule has 0 aliphatic carbocycles. The summed E-state index contributed by atoms with van der Waals surface area (Å²) in [5.41, 5.74) is 2.43. The molecule has 2 aromatic rings. The first-order valence-corrected chi connectivity index (χ1v) is 6.70. The third kappa shape index (κ3) is 3.64. The van der Waals surface area contributed by atoms with Gasteiger partial charge in [-0.1, -0.05) is 23.7 Å². The maximum Gasteiger partial charge on any atom is 0.272 e. The monoisotopic (exact) mass is 306 g/mol. The van der Waals surface area contributed by atoms with E-state index in [0.717, 1.165) is 11.3 Å². The number of halogens is 1. The summed E-state index contributed by atoms with van der Waals surface area (Å²) in [4.78, 5) is 10.5. The van der Waals surface area contributed by atoms with E-state index < -0.39 is 0 Å². The quantitative estimate of drug-likeness (QED) is 0.665. The highest BCUT2D eigenvalue weighted by Gasteiger charge is 2.10. The molecule has 0 bridgehead atoms. The Morgan fingerprint density at radius 2 is 2.05 bits per heavy atom. The van der Waals surface area contributed by atoms with Gasteiger partial charge in [0.2, 0.25) is 0 Å². The van der Waals surface area contributed by atoms with Gasteiger partial charge in [0.25, 0.3) is 5.69 Å². The molecule has 2 aromatic carbocycles. The molecule has 0 saturated heterocycles. The van der Waals surface area contributed by atoms with Crippen molar-refractivity contribution in [2.75, 3.05) is 12.4 Å². The molecule has 0 fully saturated rings. The Morgan fingerprint density at radius 3 is 2.67 bits per heavy atom. The molecule has 1 N–H and O–H groups in total. The highest BCUT2D eigenvalue weighted by Crippen LogP contribution is 2.27. The first-order chi connectivity index (χ1) is 10.0. The van der Waals surface area contributed by atoms with Crippen molar-refractivity contribution in [2.24, 2.45) is 0 Å². The van der Waals surface area contributed by atoms with Gasteiger partial charge in [0, 0.05) is 23.9 Å². The number of hydrogen-bond donors (Lipinski definition) is 1. The van der Waals surface area contributed by atoms with E-state index in [1.807, 2.05) is 12.1 Å². The van der Waals surface area contributed by atoms with Crippen LogP contribution in [0.4, 0.5) is 11.4 Å². The summed E-state index contributed by atoms with van der Waals surface area (Å²) < 4.78 is 5.08. The topological polar surface area (TPSA) is 64.4 Å². The van der Waals surface area contributed by atoms with Gasteiger partial charge in [0.15, 0.2) is 0 Å². The molecule has 0 saturated carbocycles. The van der Waals surface area contributed by atoms with Gasteiger partial charge in [-0.25, -0.2) is 0 Å². The molecule has 21 heavy (non-hydrogen) atoms. The number of nitrogens with zero attached hydrogens (tertiary/aromatic N) is 1. The SMILES string of the molecule is COc1ccc(NCc2ccc(C)c([N+](=O)[O-])c2)cc1Cl. The second-order valence-electron chi connectivity index (χ2n) is 4.58. The predicted molar refractivity (Wildman–Crippen MR) is 83.2 cm³/mol. The fraction of sp³-hybridized carbons (Fsp3) is 0.200. The number of nitro benzene ring substituents is 1.